The van der Waals surface area contributed by atoms with Crippen LogP contribution in [0, 0.1) is 0 Å². The summed E-state index contributed by atoms with van der Waals surface area (Å²) in [5.41, 5.74) is 2.30. The Labute approximate surface area is 173 Å². The fraction of sp³-hybridized carbons (Fsp3) is 0.391. The van der Waals surface area contributed by atoms with Crippen molar-refractivity contribution in [3.05, 3.63) is 71.8 Å². The normalized spacial score (nSPS) is 14.8. The van der Waals surface area contributed by atoms with Crippen LogP contribution in [0.2, 0.25) is 0 Å². The molecule has 0 atom stereocenters. The van der Waals surface area contributed by atoms with Crippen LogP contribution in [0.25, 0.3) is 0 Å². The van der Waals surface area contributed by atoms with Crippen molar-refractivity contribution < 1.29 is 9.59 Å². The molecule has 1 N–H and O–H groups in total. The molecule has 1 aliphatic heterocycles. The molecule has 1 aliphatic rings. The molecule has 6 nitrogen and oxygen atoms in total. The summed E-state index contributed by atoms with van der Waals surface area (Å²) in [7, 11) is 1.97. The Hall–Kier alpha value is -2.70. The van der Waals surface area contributed by atoms with E-state index in [4.69, 9.17) is 0 Å². The quantitative estimate of drug-likeness (QED) is 0.739. The SMILES string of the molecule is CN(CC(=O)N1CCN(CC(=O)NCc2ccccc2)CC1)Cc1ccccc1. The standard InChI is InChI=1S/C23H30N4O2/c1-25(17-21-10-6-3-7-11-21)19-23(29)27-14-12-26(13-15-27)18-22(28)24-16-20-8-4-2-5-9-20/h2-11H,12-19H2,1H3,(H,24,28). The molecular weight excluding hydrogens is 364 g/mol. The molecule has 0 aromatic heterocycles. The van der Waals surface area contributed by atoms with Crippen LogP contribution in [0.15, 0.2) is 60.7 Å². The van der Waals surface area contributed by atoms with Crippen molar-refractivity contribution in [1.82, 2.24) is 20.0 Å². The maximum absolute atomic E-state index is 12.6. The van der Waals surface area contributed by atoms with E-state index < -0.39 is 0 Å². The fourth-order valence-corrected chi connectivity index (χ4v) is 3.49. The zero-order valence-electron chi connectivity index (χ0n) is 17.1. The van der Waals surface area contributed by atoms with Crippen molar-refractivity contribution in [1.29, 1.82) is 0 Å². The van der Waals surface area contributed by atoms with Gasteiger partial charge in [-0.3, -0.25) is 19.4 Å². The van der Waals surface area contributed by atoms with E-state index in [1.54, 1.807) is 0 Å². The molecule has 0 saturated carbocycles. The summed E-state index contributed by atoms with van der Waals surface area (Å²) >= 11 is 0. The number of amides is 2. The summed E-state index contributed by atoms with van der Waals surface area (Å²) in [6, 6.07) is 20.1. The molecule has 0 spiro atoms. The van der Waals surface area contributed by atoms with Gasteiger partial charge < -0.3 is 10.2 Å². The van der Waals surface area contributed by atoms with Gasteiger partial charge in [-0.2, -0.15) is 0 Å². The van der Waals surface area contributed by atoms with Gasteiger partial charge in [0.15, 0.2) is 0 Å². The van der Waals surface area contributed by atoms with Crippen molar-refractivity contribution in [3.63, 3.8) is 0 Å². The molecule has 0 aliphatic carbocycles. The lowest BCUT2D eigenvalue weighted by Crippen LogP contribution is -2.52. The molecule has 29 heavy (non-hydrogen) atoms. The molecule has 3 rings (SSSR count). The number of rotatable bonds is 8. The molecule has 154 valence electrons. The van der Waals surface area contributed by atoms with Gasteiger partial charge in [0, 0.05) is 39.3 Å². The lowest BCUT2D eigenvalue weighted by Gasteiger charge is -2.35. The molecule has 1 saturated heterocycles. The molecule has 2 amide bonds. The van der Waals surface area contributed by atoms with Crippen molar-refractivity contribution in [3.8, 4) is 0 Å². The summed E-state index contributed by atoms with van der Waals surface area (Å²) in [5.74, 6) is 0.174. The monoisotopic (exact) mass is 394 g/mol. The number of piperazine rings is 1. The van der Waals surface area contributed by atoms with E-state index in [1.807, 2.05) is 65.4 Å². The molecule has 2 aromatic rings. The first-order valence-corrected chi connectivity index (χ1v) is 10.1. The molecule has 1 fully saturated rings. The average Bonchev–Trinajstić information content (AvgIpc) is 2.74. The van der Waals surface area contributed by atoms with E-state index in [2.05, 4.69) is 22.3 Å². The van der Waals surface area contributed by atoms with Crippen LogP contribution in [-0.4, -0.2) is 72.8 Å². The van der Waals surface area contributed by atoms with E-state index >= 15 is 0 Å². The van der Waals surface area contributed by atoms with E-state index in [9.17, 15) is 9.59 Å². The van der Waals surface area contributed by atoms with Crippen molar-refractivity contribution in [2.75, 3.05) is 46.3 Å². The third-order valence-corrected chi connectivity index (χ3v) is 5.13. The predicted molar refractivity (Wildman–Crippen MR) is 114 cm³/mol. The Morgan fingerprint density at radius 2 is 1.48 bits per heavy atom. The van der Waals surface area contributed by atoms with Crippen LogP contribution in [0.4, 0.5) is 0 Å². The highest BCUT2D eigenvalue weighted by Gasteiger charge is 2.23. The highest BCUT2D eigenvalue weighted by molar-refractivity contribution is 5.79. The Morgan fingerprint density at radius 1 is 0.897 bits per heavy atom. The minimum absolute atomic E-state index is 0.0243. The van der Waals surface area contributed by atoms with Gasteiger partial charge in [0.2, 0.25) is 11.8 Å². The molecule has 1 heterocycles. The average molecular weight is 395 g/mol. The third kappa shape index (κ3) is 7.00. The molecule has 6 heteroatoms. The number of hydrogen-bond donors (Lipinski definition) is 1. The lowest BCUT2D eigenvalue weighted by atomic mass is 10.2. The van der Waals surface area contributed by atoms with Crippen molar-refractivity contribution in [2.45, 2.75) is 13.1 Å². The first-order valence-electron chi connectivity index (χ1n) is 10.1. The summed E-state index contributed by atoms with van der Waals surface area (Å²) < 4.78 is 0. The predicted octanol–water partition coefficient (Wildman–Crippen LogP) is 1.58. The third-order valence-electron chi connectivity index (χ3n) is 5.13. The summed E-state index contributed by atoms with van der Waals surface area (Å²) in [6.07, 6.45) is 0. The minimum atomic E-state index is 0.0243. The Morgan fingerprint density at radius 3 is 2.10 bits per heavy atom. The van der Waals surface area contributed by atoms with Crippen LogP contribution in [0.1, 0.15) is 11.1 Å². The van der Waals surface area contributed by atoms with Crippen LogP contribution in [0.5, 0.6) is 0 Å². The highest BCUT2D eigenvalue weighted by Crippen LogP contribution is 2.06. The van der Waals surface area contributed by atoms with Crippen LogP contribution < -0.4 is 5.32 Å². The number of nitrogens with one attached hydrogen (secondary N) is 1. The Bertz CT molecular complexity index is 774. The number of carbonyl (C=O) groups is 2. The van der Waals surface area contributed by atoms with Crippen LogP contribution >= 0.6 is 0 Å². The van der Waals surface area contributed by atoms with Gasteiger partial charge in [-0.25, -0.2) is 0 Å². The zero-order valence-corrected chi connectivity index (χ0v) is 17.1. The maximum Gasteiger partial charge on any atom is 0.236 e. The number of likely N-dealkylation sites (N-methyl/N-ethyl adjacent to an activating group) is 1. The number of carbonyl (C=O) groups excluding carboxylic acids is 2. The Balaban J connectivity index is 1.35. The second-order valence-corrected chi connectivity index (χ2v) is 7.58. The first-order chi connectivity index (χ1) is 14.1. The maximum atomic E-state index is 12.6. The second-order valence-electron chi connectivity index (χ2n) is 7.58. The van der Waals surface area contributed by atoms with Crippen LogP contribution in [-0.2, 0) is 22.7 Å². The number of nitrogens with zero attached hydrogens (tertiary/aromatic N) is 3. The molecule has 2 aromatic carbocycles. The van der Waals surface area contributed by atoms with Gasteiger partial charge in [0.1, 0.15) is 0 Å². The smallest absolute Gasteiger partial charge is 0.236 e. The molecule has 0 bridgehead atoms. The van der Waals surface area contributed by atoms with E-state index in [0.717, 1.165) is 25.2 Å². The highest BCUT2D eigenvalue weighted by atomic mass is 16.2. The Kier molecular flexibility index (Phi) is 7.78. The summed E-state index contributed by atoms with van der Waals surface area (Å²) in [5, 5.41) is 2.96. The molecule has 0 unspecified atom stereocenters. The van der Waals surface area contributed by atoms with Gasteiger partial charge in [-0.1, -0.05) is 60.7 Å². The summed E-state index contributed by atoms with van der Waals surface area (Å²) in [6.45, 7) is 4.89. The minimum Gasteiger partial charge on any atom is -0.351 e. The van der Waals surface area contributed by atoms with Gasteiger partial charge >= 0.3 is 0 Å². The van der Waals surface area contributed by atoms with Crippen LogP contribution in [0.3, 0.4) is 0 Å². The van der Waals surface area contributed by atoms with Gasteiger partial charge in [0.05, 0.1) is 13.1 Å². The largest absolute Gasteiger partial charge is 0.351 e. The second kappa shape index (κ2) is 10.7. The number of benzene rings is 2. The lowest BCUT2D eigenvalue weighted by molar-refractivity contribution is -0.134. The first kappa shape index (κ1) is 21.0. The van der Waals surface area contributed by atoms with Crippen molar-refractivity contribution >= 4 is 11.8 Å². The van der Waals surface area contributed by atoms with Gasteiger partial charge in [-0.05, 0) is 18.2 Å². The van der Waals surface area contributed by atoms with E-state index in [0.29, 0.717) is 32.7 Å². The van der Waals surface area contributed by atoms with Gasteiger partial charge in [-0.15, -0.1) is 0 Å². The van der Waals surface area contributed by atoms with Gasteiger partial charge in [0.25, 0.3) is 0 Å². The topological polar surface area (TPSA) is 55.9 Å². The van der Waals surface area contributed by atoms with Crippen molar-refractivity contribution in [2.24, 2.45) is 0 Å². The fourth-order valence-electron chi connectivity index (χ4n) is 3.49. The van der Waals surface area contributed by atoms with E-state index in [1.165, 1.54) is 5.56 Å². The zero-order chi connectivity index (χ0) is 20.5. The molecular formula is C23H30N4O2. The summed E-state index contributed by atoms with van der Waals surface area (Å²) in [4.78, 5) is 30.8. The molecule has 0 radical (unpaired) electrons. The number of hydrogen-bond acceptors (Lipinski definition) is 4. The van der Waals surface area contributed by atoms with E-state index in [-0.39, 0.29) is 11.8 Å².